The molecule has 0 aliphatic heterocycles. The summed E-state index contributed by atoms with van der Waals surface area (Å²) in [5, 5.41) is 5.44. The Morgan fingerprint density at radius 3 is 2.00 bits per heavy atom. The summed E-state index contributed by atoms with van der Waals surface area (Å²) in [6.07, 6.45) is 0. The highest BCUT2D eigenvalue weighted by molar-refractivity contribution is 6.06. The van der Waals surface area contributed by atoms with Gasteiger partial charge in [-0.2, -0.15) is 0 Å². The van der Waals surface area contributed by atoms with Gasteiger partial charge in [0, 0.05) is 18.3 Å². The van der Waals surface area contributed by atoms with Crippen molar-refractivity contribution in [2.75, 3.05) is 24.9 Å². The van der Waals surface area contributed by atoms with Gasteiger partial charge in [0.15, 0.2) is 0 Å². The van der Waals surface area contributed by atoms with E-state index in [0.717, 1.165) is 0 Å². The molecular weight excluding hydrogens is 296 g/mol. The van der Waals surface area contributed by atoms with Crippen LogP contribution in [0.1, 0.15) is 17.3 Å². The summed E-state index contributed by atoms with van der Waals surface area (Å²) in [4.78, 5) is 23.4. The van der Waals surface area contributed by atoms with Gasteiger partial charge in [-0.15, -0.1) is 0 Å². The molecule has 0 heterocycles. The number of hydrogen-bond donors (Lipinski definition) is 2. The number of carbonyl (C=O) groups excluding carboxylic acids is 2. The Morgan fingerprint density at radius 1 is 0.870 bits per heavy atom. The average Bonchev–Trinajstić information content (AvgIpc) is 2.55. The monoisotopic (exact) mass is 314 g/mol. The molecular formula is C17H18N2O4. The van der Waals surface area contributed by atoms with E-state index in [9.17, 15) is 9.59 Å². The highest BCUT2D eigenvalue weighted by Gasteiger charge is 2.14. The molecule has 2 rings (SSSR count). The molecule has 0 atom stereocenters. The fourth-order valence-electron chi connectivity index (χ4n) is 2.03. The smallest absolute Gasteiger partial charge is 0.259 e. The Bertz CT molecular complexity index is 711. The molecule has 6 nitrogen and oxygen atoms in total. The molecule has 2 N–H and O–H groups in total. The standard InChI is InChI=1S/C17H18N2O4/c1-11(20)18-12-4-6-13(7-5-12)19-17(21)15-10-14(22-2)8-9-16(15)23-3/h4-10H,1-3H3,(H,18,20)(H,19,21). The molecule has 0 saturated heterocycles. The summed E-state index contributed by atoms with van der Waals surface area (Å²) in [5.41, 5.74) is 1.64. The number of rotatable bonds is 5. The van der Waals surface area contributed by atoms with Crippen molar-refractivity contribution in [3.8, 4) is 11.5 Å². The van der Waals surface area contributed by atoms with E-state index in [-0.39, 0.29) is 11.8 Å². The third-order valence-corrected chi connectivity index (χ3v) is 3.11. The zero-order valence-electron chi connectivity index (χ0n) is 13.2. The van der Waals surface area contributed by atoms with Crippen LogP contribution in [-0.4, -0.2) is 26.0 Å². The second-order valence-corrected chi connectivity index (χ2v) is 4.78. The van der Waals surface area contributed by atoms with Crippen molar-refractivity contribution in [3.05, 3.63) is 48.0 Å². The highest BCUT2D eigenvalue weighted by atomic mass is 16.5. The van der Waals surface area contributed by atoms with Crippen molar-refractivity contribution in [1.82, 2.24) is 0 Å². The van der Waals surface area contributed by atoms with Crippen molar-refractivity contribution in [3.63, 3.8) is 0 Å². The maximum Gasteiger partial charge on any atom is 0.259 e. The fraction of sp³-hybridized carbons (Fsp3) is 0.176. The van der Waals surface area contributed by atoms with Gasteiger partial charge in [0.25, 0.3) is 5.91 Å². The first-order chi connectivity index (χ1) is 11.0. The summed E-state index contributed by atoms with van der Waals surface area (Å²) in [6.45, 7) is 1.44. The number of anilines is 2. The van der Waals surface area contributed by atoms with Gasteiger partial charge < -0.3 is 20.1 Å². The third kappa shape index (κ3) is 4.23. The van der Waals surface area contributed by atoms with E-state index in [1.54, 1.807) is 42.5 Å². The number of methoxy groups -OCH3 is 2. The zero-order valence-corrected chi connectivity index (χ0v) is 13.2. The van der Waals surface area contributed by atoms with Crippen LogP contribution in [0.4, 0.5) is 11.4 Å². The van der Waals surface area contributed by atoms with E-state index in [2.05, 4.69) is 10.6 Å². The van der Waals surface area contributed by atoms with E-state index in [1.165, 1.54) is 21.1 Å². The predicted molar refractivity (Wildman–Crippen MR) is 88.2 cm³/mol. The molecule has 2 aromatic carbocycles. The van der Waals surface area contributed by atoms with Crippen molar-refractivity contribution >= 4 is 23.2 Å². The van der Waals surface area contributed by atoms with Crippen molar-refractivity contribution in [2.45, 2.75) is 6.92 Å². The quantitative estimate of drug-likeness (QED) is 0.889. The number of benzene rings is 2. The molecule has 0 saturated carbocycles. The lowest BCUT2D eigenvalue weighted by Gasteiger charge is -2.11. The summed E-state index contributed by atoms with van der Waals surface area (Å²) >= 11 is 0. The summed E-state index contributed by atoms with van der Waals surface area (Å²) in [7, 11) is 3.03. The van der Waals surface area contributed by atoms with Crippen LogP contribution in [0.25, 0.3) is 0 Å². The first-order valence-electron chi connectivity index (χ1n) is 6.94. The lowest BCUT2D eigenvalue weighted by molar-refractivity contribution is -0.114. The molecule has 0 radical (unpaired) electrons. The van der Waals surface area contributed by atoms with Crippen LogP contribution < -0.4 is 20.1 Å². The van der Waals surface area contributed by atoms with E-state index >= 15 is 0 Å². The Labute approximate surface area is 134 Å². The lowest BCUT2D eigenvalue weighted by Crippen LogP contribution is -2.13. The third-order valence-electron chi connectivity index (χ3n) is 3.11. The van der Waals surface area contributed by atoms with Crippen molar-refractivity contribution in [1.29, 1.82) is 0 Å². The molecule has 0 bridgehead atoms. The minimum absolute atomic E-state index is 0.150. The van der Waals surface area contributed by atoms with Crippen LogP contribution in [0.3, 0.4) is 0 Å². The maximum absolute atomic E-state index is 12.4. The Kier molecular flexibility index (Phi) is 5.19. The topological polar surface area (TPSA) is 76.7 Å². The van der Waals surface area contributed by atoms with Gasteiger partial charge in [-0.25, -0.2) is 0 Å². The van der Waals surface area contributed by atoms with Gasteiger partial charge in [0.2, 0.25) is 5.91 Å². The lowest BCUT2D eigenvalue weighted by atomic mass is 10.1. The van der Waals surface area contributed by atoms with Crippen molar-refractivity contribution in [2.24, 2.45) is 0 Å². The van der Waals surface area contributed by atoms with Crippen LogP contribution >= 0.6 is 0 Å². The second kappa shape index (κ2) is 7.31. The van der Waals surface area contributed by atoms with Crippen LogP contribution in [0.15, 0.2) is 42.5 Å². The van der Waals surface area contributed by atoms with E-state index in [0.29, 0.717) is 28.4 Å². The summed E-state index contributed by atoms with van der Waals surface area (Å²) in [6, 6.07) is 11.8. The Balaban J connectivity index is 2.17. The zero-order chi connectivity index (χ0) is 16.8. The molecule has 120 valence electrons. The van der Waals surface area contributed by atoms with E-state index < -0.39 is 0 Å². The number of ether oxygens (including phenoxy) is 2. The maximum atomic E-state index is 12.4. The molecule has 0 aromatic heterocycles. The van der Waals surface area contributed by atoms with Gasteiger partial charge in [0.05, 0.1) is 19.8 Å². The van der Waals surface area contributed by atoms with E-state index in [1.807, 2.05) is 0 Å². The number of amides is 2. The van der Waals surface area contributed by atoms with E-state index in [4.69, 9.17) is 9.47 Å². The van der Waals surface area contributed by atoms with Gasteiger partial charge in [-0.3, -0.25) is 9.59 Å². The number of hydrogen-bond acceptors (Lipinski definition) is 4. The minimum atomic E-state index is -0.312. The number of nitrogens with one attached hydrogen (secondary N) is 2. The number of carbonyl (C=O) groups is 2. The van der Waals surface area contributed by atoms with Crippen LogP contribution in [-0.2, 0) is 4.79 Å². The molecule has 6 heteroatoms. The average molecular weight is 314 g/mol. The first kappa shape index (κ1) is 16.4. The summed E-state index contributed by atoms with van der Waals surface area (Å²) < 4.78 is 10.3. The largest absolute Gasteiger partial charge is 0.497 e. The highest BCUT2D eigenvalue weighted by Crippen LogP contribution is 2.25. The van der Waals surface area contributed by atoms with Gasteiger partial charge in [-0.1, -0.05) is 0 Å². The molecule has 23 heavy (non-hydrogen) atoms. The van der Waals surface area contributed by atoms with Gasteiger partial charge >= 0.3 is 0 Å². The molecule has 0 unspecified atom stereocenters. The SMILES string of the molecule is COc1ccc(OC)c(C(=O)Nc2ccc(NC(C)=O)cc2)c1. The predicted octanol–water partition coefficient (Wildman–Crippen LogP) is 2.91. The Morgan fingerprint density at radius 2 is 1.48 bits per heavy atom. The summed E-state index contributed by atoms with van der Waals surface area (Å²) in [5.74, 6) is 0.561. The molecule has 0 fully saturated rings. The molecule has 0 aliphatic rings. The molecule has 2 amide bonds. The van der Waals surface area contributed by atoms with Gasteiger partial charge in [0.1, 0.15) is 11.5 Å². The Hall–Kier alpha value is -3.02. The molecule has 2 aromatic rings. The van der Waals surface area contributed by atoms with Crippen molar-refractivity contribution < 1.29 is 19.1 Å². The molecule has 0 aliphatic carbocycles. The first-order valence-corrected chi connectivity index (χ1v) is 6.94. The minimum Gasteiger partial charge on any atom is -0.497 e. The fourth-order valence-corrected chi connectivity index (χ4v) is 2.03. The molecule has 0 spiro atoms. The van der Waals surface area contributed by atoms with Crippen LogP contribution in [0, 0.1) is 0 Å². The van der Waals surface area contributed by atoms with Crippen LogP contribution in [0.2, 0.25) is 0 Å². The van der Waals surface area contributed by atoms with Gasteiger partial charge in [-0.05, 0) is 42.5 Å². The second-order valence-electron chi connectivity index (χ2n) is 4.78. The van der Waals surface area contributed by atoms with Crippen LogP contribution in [0.5, 0.6) is 11.5 Å². The normalized spacial score (nSPS) is 9.87.